The number of thiophene rings is 1. The summed E-state index contributed by atoms with van der Waals surface area (Å²) in [5.41, 5.74) is 7.22. The van der Waals surface area contributed by atoms with Crippen molar-refractivity contribution in [2.75, 3.05) is 0 Å². The van der Waals surface area contributed by atoms with E-state index in [2.05, 4.69) is 82.8 Å². The van der Waals surface area contributed by atoms with Crippen molar-refractivity contribution < 1.29 is 25.9 Å². The SMILES string of the molecule is Cc1cc(-c2[c-]cccc2)nc[c]1[Ge]([CH3])([CH3])[CH3].[2H]C(C)(C=C(C)C)c1ccnc(-c2[c-]ccc3c2sc2cc4cc(F)ccc4cc23)c1.[Ir]. The van der Waals surface area contributed by atoms with Gasteiger partial charge in [-0.25, -0.2) is 4.39 Å². The van der Waals surface area contributed by atoms with Gasteiger partial charge in [-0.3, -0.25) is 0 Å². The van der Waals surface area contributed by atoms with Gasteiger partial charge in [-0.05, 0) is 82.2 Å². The van der Waals surface area contributed by atoms with Crippen LogP contribution in [0.4, 0.5) is 4.39 Å². The number of aryl methyl sites for hydroxylation is 1. The Hall–Kier alpha value is -3.48. The maximum Gasteiger partial charge on any atom is 0.123 e. The van der Waals surface area contributed by atoms with Crippen molar-refractivity contribution in [1.82, 2.24) is 9.97 Å². The summed E-state index contributed by atoms with van der Waals surface area (Å²) in [5, 5.41) is 4.22. The van der Waals surface area contributed by atoms with Crippen molar-refractivity contribution >= 4 is 59.9 Å². The first-order chi connectivity index (χ1) is 22.8. The Morgan fingerprint density at radius 1 is 0.896 bits per heavy atom. The molecule has 3 aromatic heterocycles. The minimum Gasteiger partial charge on any atom is -0.305 e. The van der Waals surface area contributed by atoms with Crippen molar-refractivity contribution in [2.45, 2.75) is 50.9 Å². The average Bonchev–Trinajstić information content (AvgIpc) is 3.40. The summed E-state index contributed by atoms with van der Waals surface area (Å²) >= 11 is -0.0973. The second-order valence-electron chi connectivity index (χ2n) is 13.3. The van der Waals surface area contributed by atoms with E-state index < -0.39 is 19.2 Å². The normalized spacial score (nSPS) is 12.9. The van der Waals surface area contributed by atoms with Crippen molar-refractivity contribution in [3.63, 3.8) is 0 Å². The number of rotatable bonds is 5. The van der Waals surface area contributed by atoms with Crippen LogP contribution in [0.3, 0.4) is 0 Å². The van der Waals surface area contributed by atoms with Crippen molar-refractivity contribution in [2.24, 2.45) is 0 Å². The number of pyridine rings is 2. The summed E-state index contributed by atoms with van der Waals surface area (Å²) < 4.78 is 26.2. The Morgan fingerprint density at radius 3 is 2.42 bits per heavy atom. The molecule has 245 valence electrons. The molecule has 48 heavy (non-hydrogen) atoms. The second-order valence-corrected chi connectivity index (χ2v) is 24.9. The predicted molar refractivity (Wildman–Crippen MR) is 203 cm³/mol. The minimum atomic E-state index is -1.77. The van der Waals surface area contributed by atoms with E-state index in [-0.39, 0.29) is 25.9 Å². The molecule has 0 saturated carbocycles. The maximum absolute atomic E-state index is 13.7. The number of hydrogen-bond donors (Lipinski definition) is 0. The van der Waals surface area contributed by atoms with E-state index in [1.54, 1.807) is 23.6 Å². The van der Waals surface area contributed by atoms with Crippen LogP contribution in [-0.4, -0.2) is 23.2 Å². The minimum absolute atomic E-state index is 0. The van der Waals surface area contributed by atoms with Gasteiger partial charge in [0.1, 0.15) is 5.82 Å². The number of aromatic nitrogens is 2. The van der Waals surface area contributed by atoms with Gasteiger partial charge in [0, 0.05) is 32.4 Å². The number of allylic oxidation sites excluding steroid dienone is 2. The number of hydrogen-bond acceptors (Lipinski definition) is 3. The van der Waals surface area contributed by atoms with Crippen molar-refractivity contribution in [3.05, 3.63) is 138 Å². The zero-order valence-corrected chi connectivity index (χ0v) is 33.6. The zero-order valence-electron chi connectivity index (χ0n) is 29.3. The largest absolute Gasteiger partial charge is 0.305 e. The first kappa shape index (κ1) is 34.4. The molecule has 0 N–H and O–H groups in total. The summed E-state index contributed by atoms with van der Waals surface area (Å²) in [6.07, 6.45) is 5.80. The summed E-state index contributed by atoms with van der Waals surface area (Å²) in [6.45, 7) is 8.11. The van der Waals surface area contributed by atoms with E-state index >= 15 is 0 Å². The van der Waals surface area contributed by atoms with Crippen LogP contribution in [0.1, 0.15) is 39.2 Å². The molecule has 7 aromatic rings. The van der Waals surface area contributed by atoms with E-state index in [0.29, 0.717) is 0 Å². The summed E-state index contributed by atoms with van der Waals surface area (Å²) in [4.78, 5) is 9.20. The van der Waals surface area contributed by atoms with Crippen LogP contribution in [0.5, 0.6) is 0 Å². The molecule has 3 heterocycles. The molecule has 1 radical (unpaired) electrons. The van der Waals surface area contributed by atoms with E-state index in [1.165, 1.54) is 16.0 Å². The third-order valence-corrected chi connectivity index (χ3v) is 13.9. The Bertz CT molecular complexity index is 2300. The molecule has 2 nitrogen and oxygen atoms in total. The van der Waals surface area contributed by atoms with Crippen molar-refractivity contribution in [1.29, 1.82) is 0 Å². The van der Waals surface area contributed by atoms with Gasteiger partial charge in [0.2, 0.25) is 0 Å². The summed E-state index contributed by atoms with van der Waals surface area (Å²) in [7, 11) is 0. The van der Waals surface area contributed by atoms with E-state index in [9.17, 15) is 4.39 Å². The molecule has 0 spiro atoms. The van der Waals surface area contributed by atoms with Gasteiger partial charge >= 0.3 is 106 Å². The van der Waals surface area contributed by atoms with E-state index in [1.807, 2.05) is 69.3 Å². The van der Waals surface area contributed by atoms with Gasteiger partial charge in [-0.1, -0.05) is 36.1 Å². The molecule has 7 rings (SSSR count). The van der Waals surface area contributed by atoms with Crippen LogP contribution in [0, 0.1) is 24.9 Å². The van der Waals surface area contributed by atoms with Crippen LogP contribution in [-0.2, 0) is 20.1 Å². The smallest absolute Gasteiger partial charge is 0.123 e. The molecule has 1 atom stereocenters. The van der Waals surface area contributed by atoms with Gasteiger partial charge in [0.15, 0.2) is 0 Å². The Kier molecular flexibility index (Phi) is 10.7. The standard InChI is InChI=1S/C27H21FNS.C15H18GeN.Ir/c1-16(2)11-17(3)18-9-10-29-25(14-18)23-6-4-5-22-24-13-19-7-8-21(28)12-20(19)15-26(24)30-27(22)23;1-12-10-15(13-8-6-5-7-9-13)17-11-14(12)16(2,3)4;/h4-5,7-15,17H,1-3H3;5-8,10-11H,1-4H3;/q2*-1;/i17D;;. The molecular weight excluding hydrogens is 848 g/mol. The maximum atomic E-state index is 13.7. The molecule has 0 saturated heterocycles. The molecule has 0 aliphatic carbocycles. The number of nitrogens with zero attached hydrogens (tertiary/aromatic N) is 2. The van der Waals surface area contributed by atoms with Gasteiger partial charge in [0.25, 0.3) is 0 Å². The van der Waals surface area contributed by atoms with Crippen molar-refractivity contribution in [3.8, 4) is 22.5 Å². The fourth-order valence-electron chi connectivity index (χ4n) is 6.02. The number of benzene rings is 4. The molecule has 0 aliphatic rings. The fourth-order valence-corrected chi connectivity index (χ4v) is 10.8. The van der Waals surface area contributed by atoms with E-state index in [4.69, 9.17) is 1.37 Å². The van der Waals surface area contributed by atoms with Crippen LogP contribution >= 0.6 is 11.3 Å². The summed E-state index contributed by atoms with van der Waals surface area (Å²) in [5.74, 6) is 6.15. The number of fused-ring (bicyclic) bond motifs is 4. The predicted octanol–water partition coefficient (Wildman–Crippen LogP) is 11.7. The second kappa shape index (κ2) is 15.0. The first-order valence-electron chi connectivity index (χ1n) is 16.3. The number of halogens is 1. The van der Waals surface area contributed by atoms with Gasteiger partial charge in [-0.2, -0.15) is 11.3 Å². The molecule has 0 amide bonds. The van der Waals surface area contributed by atoms with Gasteiger partial charge in [0.05, 0.1) is 0 Å². The van der Waals surface area contributed by atoms with Gasteiger partial charge < -0.3 is 4.98 Å². The monoisotopic (exact) mass is 890 g/mol. The summed E-state index contributed by atoms with van der Waals surface area (Å²) in [6, 6.07) is 33.8. The third kappa shape index (κ3) is 7.87. The Labute approximate surface area is 305 Å². The quantitative estimate of drug-likeness (QED) is 0.0978. The molecule has 0 aliphatic heterocycles. The average molecular weight is 889 g/mol. The molecule has 1 unspecified atom stereocenters. The molecule has 4 aromatic carbocycles. The third-order valence-electron chi connectivity index (χ3n) is 8.23. The van der Waals surface area contributed by atoms with Crippen LogP contribution in [0.2, 0.25) is 17.3 Å². The Morgan fingerprint density at radius 2 is 1.71 bits per heavy atom. The molecule has 0 fully saturated rings. The zero-order chi connectivity index (χ0) is 34.2. The molecular formula is C42H39FGeIrN2S-2. The van der Waals surface area contributed by atoms with Crippen LogP contribution < -0.4 is 4.40 Å². The molecule has 6 heteroatoms. The van der Waals surface area contributed by atoms with Gasteiger partial charge in [-0.15, -0.1) is 23.8 Å². The molecule has 0 bridgehead atoms. The fraction of sp³-hybridized carbons (Fsp3) is 0.190. The van der Waals surface area contributed by atoms with Crippen LogP contribution in [0.25, 0.3) is 53.5 Å². The topological polar surface area (TPSA) is 25.8 Å². The first-order valence-corrected chi connectivity index (χ1v) is 24.0. The Balaban J connectivity index is 0.000000221. The van der Waals surface area contributed by atoms with Crippen LogP contribution in [0.15, 0.2) is 109 Å². The van der Waals surface area contributed by atoms with E-state index in [0.717, 1.165) is 64.6 Å².